The zero-order valence-corrected chi connectivity index (χ0v) is 17.3. The first kappa shape index (κ1) is 20.6. The molecule has 0 aliphatic carbocycles. The largest absolute Gasteiger partial charge is 0.508 e. The van der Waals surface area contributed by atoms with Crippen LogP contribution in [0.5, 0.6) is 5.75 Å². The lowest BCUT2D eigenvalue weighted by atomic mass is 9.95. The van der Waals surface area contributed by atoms with Crippen LogP contribution in [0.2, 0.25) is 0 Å². The lowest BCUT2D eigenvalue weighted by molar-refractivity contribution is 0.0599. The maximum absolute atomic E-state index is 13.2. The molecule has 1 amide bonds. The second kappa shape index (κ2) is 8.61. The van der Waals surface area contributed by atoms with Gasteiger partial charge in [-0.25, -0.2) is 4.79 Å². The molecule has 1 aromatic heterocycles. The molecule has 1 aliphatic rings. The van der Waals surface area contributed by atoms with Gasteiger partial charge in [0.2, 0.25) is 0 Å². The average Bonchev–Trinajstić information content (AvgIpc) is 3.33. The number of phenols is 1. The van der Waals surface area contributed by atoms with Gasteiger partial charge in [-0.05, 0) is 48.4 Å². The van der Waals surface area contributed by atoms with Crippen molar-refractivity contribution < 1.29 is 24.2 Å². The molecule has 0 bridgehead atoms. The Morgan fingerprint density at radius 2 is 1.84 bits per heavy atom. The van der Waals surface area contributed by atoms with Crippen LogP contribution in [0.4, 0.5) is 0 Å². The molecular formula is C23H23N3O5. The Kier molecular flexibility index (Phi) is 5.73. The first-order valence-electron chi connectivity index (χ1n) is 9.91. The van der Waals surface area contributed by atoms with E-state index >= 15 is 0 Å². The molecule has 160 valence electrons. The molecule has 2 heterocycles. The third kappa shape index (κ3) is 3.77. The summed E-state index contributed by atoms with van der Waals surface area (Å²) in [4.78, 5) is 26.8. The summed E-state index contributed by atoms with van der Waals surface area (Å²) in [6, 6.07) is 13.4. The summed E-state index contributed by atoms with van der Waals surface area (Å²) in [5.74, 6) is -0.395. The van der Waals surface area contributed by atoms with Crippen molar-refractivity contribution in [3.63, 3.8) is 0 Å². The van der Waals surface area contributed by atoms with Gasteiger partial charge in [-0.15, -0.1) is 0 Å². The van der Waals surface area contributed by atoms with Gasteiger partial charge >= 0.3 is 5.97 Å². The number of aromatic hydroxyl groups is 1. The van der Waals surface area contributed by atoms with E-state index < -0.39 is 5.97 Å². The van der Waals surface area contributed by atoms with Gasteiger partial charge in [0.05, 0.1) is 24.4 Å². The number of nitrogens with zero attached hydrogens (tertiary/aromatic N) is 2. The molecule has 1 unspecified atom stereocenters. The number of ether oxygens (including phenoxy) is 2. The number of hydrogen-bond acceptors (Lipinski definition) is 6. The molecule has 8 heteroatoms. The van der Waals surface area contributed by atoms with Crippen molar-refractivity contribution in [1.29, 1.82) is 0 Å². The number of carbonyl (C=O) groups is 2. The van der Waals surface area contributed by atoms with Crippen LogP contribution in [-0.2, 0) is 9.47 Å². The Morgan fingerprint density at radius 1 is 1.13 bits per heavy atom. The predicted molar refractivity (Wildman–Crippen MR) is 113 cm³/mol. The molecule has 0 saturated heterocycles. The number of carbonyl (C=O) groups excluding carboxylic acids is 2. The fraction of sp³-hybridized carbons (Fsp3) is 0.261. The van der Waals surface area contributed by atoms with Crippen LogP contribution in [0.3, 0.4) is 0 Å². The van der Waals surface area contributed by atoms with Crippen molar-refractivity contribution in [3.05, 3.63) is 70.9 Å². The van der Waals surface area contributed by atoms with Crippen molar-refractivity contribution in [2.45, 2.75) is 12.5 Å². The van der Waals surface area contributed by atoms with Crippen molar-refractivity contribution in [2.24, 2.45) is 0 Å². The Morgan fingerprint density at radius 3 is 2.48 bits per heavy atom. The van der Waals surface area contributed by atoms with Crippen molar-refractivity contribution in [1.82, 2.24) is 15.1 Å². The Balaban J connectivity index is 1.78. The number of esters is 1. The number of rotatable bonds is 7. The molecule has 0 radical (unpaired) electrons. The smallest absolute Gasteiger partial charge is 0.337 e. The molecular weight excluding hydrogens is 398 g/mol. The zero-order valence-electron chi connectivity index (χ0n) is 17.3. The molecule has 2 N–H and O–H groups in total. The topological polar surface area (TPSA) is 105 Å². The van der Waals surface area contributed by atoms with Crippen LogP contribution in [0.15, 0.2) is 48.5 Å². The number of fused-ring (bicyclic) bond motifs is 1. The molecule has 2 aromatic carbocycles. The minimum Gasteiger partial charge on any atom is -0.508 e. The number of aromatic amines is 1. The third-order valence-corrected chi connectivity index (χ3v) is 5.40. The van der Waals surface area contributed by atoms with Gasteiger partial charge in [0.25, 0.3) is 5.91 Å². The second-order valence-corrected chi connectivity index (χ2v) is 7.27. The Labute approximate surface area is 179 Å². The van der Waals surface area contributed by atoms with E-state index in [1.807, 2.05) is 12.1 Å². The lowest BCUT2D eigenvalue weighted by Gasteiger charge is -2.26. The average molecular weight is 421 g/mol. The monoisotopic (exact) mass is 421 g/mol. The lowest BCUT2D eigenvalue weighted by Crippen LogP contribution is -2.31. The zero-order chi connectivity index (χ0) is 22.0. The molecule has 4 rings (SSSR count). The number of amides is 1. The van der Waals surface area contributed by atoms with Crippen LogP contribution >= 0.6 is 0 Å². The Hall–Kier alpha value is -3.65. The van der Waals surface area contributed by atoms with E-state index in [1.54, 1.807) is 48.4 Å². The molecule has 31 heavy (non-hydrogen) atoms. The van der Waals surface area contributed by atoms with E-state index in [0.717, 1.165) is 16.7 Å². The maximum atomic E-state index is 13.2. The number of methoxy groups -OCH3 is 2. The van der Waals surface area contributed by atoms with Crippen LogP contribution in [0.25, 0.3) is 11.3 Å². The van der Waals surface area contributed by atoms with E-state index in [2.05, 4.69) is 10.2 Å². The van der Waals surface area contributed by atoms with Crippen molar-refractivity contribution in [2.75, 3.05) is 27.4 Å². The fourth-order valence-corrected chi connectivity index (χ4v) is 3.91. The first-order chi connectivity index (χ1) is 15.0. The molecule has 3 aromatic rings. The normalized spacial score (nSPS) is 15.2. The molecule has 8 nitrogen and oxygen atoms in total. The SMILES string of the molecule is COCCCN1C(=O)c2[nH]nc(-c3ccc(O)cc3)c2C1c1ccc(C(=O)OC)cc1. The summed E-state index contributed by atoms with van der Waals surface area (Å²) in [7, 11) is 2.97. The summed E-state index contributed by atoms with van der Waals surface area (Å²) < 4.78 is 9.94. The van der Waals surface area contributed by atoms with Crippen LogP contribution in [0.1, 0.15) is 44.4 Å². The van der Waals surface area contributed by atoms with Crippen LogP contribution in [0, 0.1) is 0 Å². The fourth-order valence-electron chi connectivity index (χ4n) is 3.91. The van der Waals surface area contributed by atoms with Gasteiger partial charge < -0.3 is 19.5 Å². The minimum atomic E-state index is -0.417. The summed E-state index contributed by atoms with van der Waals surface area (Å²) in [6.45, 7) is 1.04. The van der Waals surface area contributed by atoms with Gasteiger partial charge in [0.15, 0.2) is 0 Å². The van der Waals surface area contributed by atoms with Gasteiger partial charge in [-0.1, -0.05) is 12.1 Å². The summed E-state index contributed by atoms with van der Waals surface area (Å²) in [5, 5.41) is 16.9. The summed E-state index contributed by atoms with van der Waals surface area (Å²) in [5.41, 5.74) is 3.96. The Bertz CT molecular complexity index is 1090. The number of phenolic OH excluding ortho intramolecular Hbond substituents is 1. The van der Waals surface area contributed by atoms with Crippen LogP contribution < -0.4 is 0 Å². The van der Waals surface area contributed by atoms with Crippen LogP contribution in [-0.4, -0.2) is 59.5 Å². The minimum absolute atomic E-state index is 0.134. The van der Waals surface area contributed by atoms with E-state index in [-0.39, 0.29) is 17.7 Å². The number of hydrogen-bond donors (Lipinski definition) is 2. The second-order valence-electron chi connectivity index (χ2n) is 7.27. The van der Waals surface area contributed by atoms with E-state index in [4.69, 9.17) is 9.47 Å². The maximum Gasteiger partial charge on any atom is 0.337 e. The highest BCUT2D eigenvalue weighted by Crippen LogP contribution is 2.43. The van der Waals surface area contributed by atoms with E-state index in [1.165, 1.54) is 7.11 Å². The third-order valence-electron chi connectivity index (χ3n) is 5.40. The molecule has 0 fully saturated rings. The number of benzene rings is 2. The van der Waals surface area contributed by atoms with Gasteiger partial charge in [0, 0.05) is 31.4 Å². The van der Waals surface area contributed by atoms with Crippen molar-refractivity contribution >= 4 is 11.9 Å². The highest BCUT2D eigenvalue weighted by Gasteiger charge is 2.41. The summed E-state index contributed by atoms with van der Waals surface area (Å²) in [6.07, 6.45) is 0.686. The van der Waals surface area contributed by atoms with Gasteiger partial charge in [-0.3, -0.25) is 9.89 Å². The predicted octanol–water partition coefficient (Wildman–Crippen LogP) is 3.15. The van der Waals surface area contributed by atoms with E-state index in [0.29, 0.717) is 36.5 Å². The van der Waals surface area contributed by atoms with Gasteiger partial charge in [-0.2, -0.15) is 5.10 Å². The first-order valence-corrected chi connectivity index (χ1v) is 9.91. The molecule has 1 aliphatic heterocycles. The molecule has 1 atom stereocenters. The van der Waals surface area contributed by atoms with E-state index in [9.17, 15) is 14.7 Å². The van der Waals surface area contributed by atoms with Gasteiger partial charge in [0.1, 0.15) is 11.4 Å². The molecule has 0 spiro atoms. The van der Waals surface area contributed by atoms with Crippen molar-refractivity contribution in [3.8, 4) is 17.0 Å². The number of H-pyrrole nitrogens is 1. The highest BCUT2D eigenvalue weighted by atomic mass is 16.5. The number of aromatic nitrogens is 2. The summed E-state index contributed by atoms with van der Waals surface area (Å²) >= 11 is 0. The molecule has 0 saturated carbocycles. The quantitative estimate of drug-likeness (QED) is 0.449. The standard InChI is InChI=1S/C23H23N3O5/c1-30-13-3-12-26-21(15-4-6-16(7-5-15)23(29)31-2)18-19(24-25-20(18)22(26)28)14-8-10-17(27)11-9-14/h4-11,21,27H,3,12-13H2,1-2H3,(H,24,25). The number of nitrogens with one attached hydrogen (secondary N) is 1. The highest BCUT2D eigenvalue weighted by molar-refractivity contribution is 6.00.